The van der Waals surface area contributed by atoms with Gasteiger partial charge < -0.3 is 24.0 Å². The van der Waals surface area contributed by atoms with Crippen molar-refractivity contribution in [3.8, 4) is 5.75 Å². The Bertz CT molecular complexity index is 1390. The SMILES string of the molecule is CC(C)OC(=O)CNP(=O)(OC[C@@]1(C)O[C@@H](n2cnc3c(N(C)C)nc(F)nc32)[C@H](F)[C@@H]1O)Oc1ccccc1. The van der Waals surface area contributed by atoms with Crippen LogP contribution in [0.1, 0.15) is 27.0 Å². The lowest BCUT2D eigenvalue weighted by atomic mass is 9.99. The minimum Gasteiger partial charge on any atom is -0.462 e. The smallest absolute Gasteiger partial charge is 0.459 e. The van der Waals surface area contributed by atoms with E-state index in [0.717, 1.165) is 4.57 Å². The number of carbonyl (C=O) groups excluding carboxylic acids is 1. The van der Waals surface area contributed by atoms with E-state index in [4.69, 9.17) is 18.5 Å². The van der Waals surface area contributed by atoms with Crippen molar-refractivity contribution in [2.45, 2.75) is 51.0 Å². The molecule has 13 nitrogen and oxygen atoms in total. The fourth-order valence-corrected chi connectivity index (χ4v) is 5.37. The van der Waals surface area contributed by atoms with Crippen LogP contribution in [0.5, 0.6) is 5.75 Å². The van der Waals surface area contributed by atoms with Gasteiger partial charge in [-0.3, -0.25) is 13.9 Å². The van der Waals surface area contributed by atoms with Gasteiger partial charge >= 0.3 is 19.8 Å². The fraction of sp³-hybridized carbons (Fsp3) is 0.500. The number of aliphatic hydroxyl groups is 1. The highest BCUT2D eigenvalue weighted by molar-refractivity contribution is 7.52. The van der Waals surface area contributed by atoms with Gasteiger partial charge in [0.2, 0.25) is 0 Å². The second-order valence-electron chi connectivity index (χ2n) is 9.79. The molecule has 0 amide bonds. The molecule has 0 bridgehead atoms. The van der Waals surface area contributed by atoms with Crippen molar-refractivity contribution in [2.75, 3.05) is 32.1 Å². The molecule has 1 aliphatic rings. The summed E-state index contributed by atoms with van der Waals surface area (Å²) < 4.78 is 66.4. The Morgan fingerprint density at radius 1 is 1.30 bits per heavy atom. The molecule has 0 saturated carbocycles. The molecule has 0 spiro atoms. The number of esters is 1. The number of alkyl halides is 1. The molecule has 0 radical (unpaired) electrons. The van der Waals surface area contributed by atoms with Crippen LogP contribution in [0.3, 0.4) is 0 Å². The first-order valence-electron chi connectivity index (χ1n) is 12.3. The van der Waals surface area contributed by atoms with Crippen LogP contribution in [0.4, 0.5) is 14.6 Å². The Morgan fingerprint density at radius 3 is 2.65 bits per heavy atom. The van der Waals surface area contributed by atoms with Gasteiger partial charge in [-0.2, -0.15) is 14.4 Å². The number of hydrogen-bond donors (Lipinski definition) is 2. The number of rotatable bonds is 11. The Hall–Kier alpha value is -3.23. The average Bonchev–Trinajstić information content (AvgIpc) is 3.40. The number of anilines is 1. The maximum atomic E-state index is 15.5. The van der Waals surface area contributed by atoms with Gasteiger partial charge in [-0.15, -0.1) is 0 Å². The van der Waals surface area contributed by atoms with Crippen molar-refractivity contribution in [3.63, 3.8) is 0 Å². The number of carbonyl (C=O) groups is 1. The molecule has 1 fully saturated rings. The molecule has 218 valence electrons. The normalized spacial score (nSPS) is 24.3. The number of imidazole rings is 1. The quantitative estimate of drug-likeness (QED) is 0.194. The number of nitrogens with one attached hydrogen (secondary N) is 1. The van der Waals surface area contributed by atoms with Crippen molar-refractivity contribution in [3.05, 3.63) is 42.7 Å². The van der Waals surface area contributed by atoms with Gasteiger partial charge in [0.1, 0.15) is 24.0 Å². The lowest BCUT2D eigenvalue weighted by Crippen LogP contribution is -2.43. The minimum atomic E-state index is -4.28. The van der Waals surface area contributed by atoms with E-state index >= 15 is 4.39 Å². The predicted octanol–water partition coefficient (Wildman–Crippen LogP) is 2.76. The number of ether oxygens (including phenoxy) is 2. The lowest BCUT2D eigenvalue weighted by molar-refractivity contribution is -0.146. The van der Waals surface area contributed by atoms with Crippen molar-refractivity contribution in [2.24, 2.45) is 0 Å². The predicted molar refractivity (Wildman–Crippen MR) is 139 cm³/mol. The van der Waals surface area contributed by atoms with E-state index in [2.05, 4.69) is 20.0 Å². The fourth-order valence-electron chi connectivity index (χ4n) is 4.01. The molecule has 4 rings (SSSR count). The lowest BCUT2D eigenvalue weighted by Gasteiger charge is -2.29. The van der Waals surface area contributed by atoms with E-state index < -0.39 is 63.2 Å². The molecule has 1 aliphatic heterocycles. The maximum absolute atomic E-state index is 15.5. The Morgan fingerprint density at radius 2 is 2.00 bits per heavy atom. The Labute approximate surface area is 229 Å². The number of nitrogens with zero attached hydrogens (tertiary/aromatic N) is 5. The second kappa shape index (κ2) is 11.7. The van der Waals surface area contributed by atoms with Gasteiger partial charge in [0, 0.05) is 14.1 Å². The topological polar surface area (TPSA) is 150 Å². The maximum Gasteiger partial charge on any atom is 0.459 e. The van der Waals surface area contributed by atoms with Crippen LogP contribution in [0.2, 0.25) is 0 Å². The van der Waals surface area contributed by atoms with Crippen LogP contribution >= 0.6 is 7.75 Å². The summed E-state index contributed by atoms with van der Waals surface area (Å²) in [5.41, 5.74) is -1.61. The van der Waals surface area contributed by atoms with Gasteiger partial charge in [0.25, 0.3) is 0 Å². The first-order valence-corrected chi connectivity index (χ1v) is 13.9. The van der Waals surface area contributed by atoms with E-state index in [0.29, 0.717) is 0 Å². The van der Waals surface area contributed by atoms with Crippen LogP contribution in [0.25, 0.3) is 11.2 Å². The van der Waals surface area contributed by atoms with Crippen LogP contribution in [0, 0.1) is 6.08 Å². The summed E-state index contributed by atoms with van der Waals surface area (Å²) >= 11 is 0. The molecule has 0 aliphatic carbocycles. The first kappa shape index (κ1) is 29.7. The van der Waals surface area contributed by atoms with Gasteiger partial charge in [-0.25, -0.2) is 19.0 Å². The molecule has 2 N–H and O–H groups in total. The van der Waals surface area contributed by atoms with E-state index in [1.807, 2.05) is 0 Å². The largest absolute Gasteiger partial charge is 0.462 e. The molecule has 1 saturated heterocycles. The van der Waals surface area contributed by atoms with Crippen molar-refractivity contribution in [1.29, 1.82) is 0 Å². The zero-order chi connectivity index (χ0) is 29.2. The molecular formula is C24H31F2N6O7P. The molecule has 16 heteroatoms. The Balaban J connectivity index is 1.56. The summed E-state index contributed by atoms with van der Waals surface area (Å²) in [5.74, 6) is -0.374. The van der Waals surface area contributed by atoms with Crippen molar-refractivity contribution in [1.82, 2.24) is 24.6 Å². The summed E-state index contributed by atoms with van der Waals surface area (Å²) in [6.07, 6.45) is -5.55. The number of para-hydroxylation sites is 1. The minimum absolute atomic E-state index is 0.0513. The van der Waals surface area contributed by atoms with Crippen molar-refractivity contribution < 1.29 is 41.8 Å². The van der Waals surface area contributed by atoms with E-state index in [-0.39, 0.29) is 22.7 Å². The first-order chi connectivity index (χ1) is 18.8. The summed E-state index contributed by atoms with van der Waals surface area (Å²) in [5, 5.41) is 13.2. The molecule has 5 atom stereocenters. The summed E-state index contributed by atoms with van der Waals surface area (Å²) in [6.45, 7) is 3.52. The van der Waals surface area contributed by atoms with E-state index in [1.165, 1.54) is 30.3 Å². The van der Waals surface area contributed by atoms with Crippen LogP contribution in [0.15, 0.2) is 36.7 Å². The third-order valence-electron chi connectivity index (χ3n) is 5.94. The third kappa shape index (κ3) is 6.39. The highest BCUT2D eigenvalue weighted by Gasteiger charge is 2.54. The number of benzene rings is 1. The zero-order valence-corrected chi connectivity index (χ0v) is 23.4. The van der Waals surface area contributed by atoms with Gasteiger partial charge in [0.05, 0.1) is 19.0 Å². The third-order valence-corrected chi connectivity index (χ3v) is 7.40. The zero-order valence-electron chi connectivity index (χ0n) is 22.5. The standard InChI is InChI=1S/C24H31F2N6O7P/c1-14(2)37-16(33)11-28-40(35,39-15-9-7-6-8-10-15)36-12-24(3)19(34)17(25)22(38-24)32-13-27-18-20(31(4)5)29-23(26)30-21(18)32/h6-10,13-14,17,19,22,34H,11-12H2,1-5H3,(H,28,35)/t17-,19+,22-,24-,40?/m1/s1. The molecule has 3 aromatic rings. The number of hydrogen-bond acceptors (Lipinski definition) is 11. The van der Waals surface area contributed by atoms with Gasteiger partial charge in [-0.05, 0) is 32.9 Å². The summed E-state index contributed by atoms with van der Waals surface area (Å²) in [6, 6.07) is 8.04. The molecular weight excluding hydrogens is 553 g/mol. The average molecular weight is 585 g/mol. The molecule has 40 heavy (non-hydrogen) atoms. The molecule has 2 aromatic heterocycles. The van der Waals surface area contributed by atoms with E-state index in [9.17, 15) is 18.9 Å². The van der Waals surface area contributed by atoms with Crippen LogP contribution in [-0.4, -0.2) is 81.8 Å². The Kier molecular flexibility index (Phi) is 8.71. The monoisotopic (exact) mass is 584 g/mol. The molecule has 1 unspecified atom stereocenters. The molecule has 1 aromatic carbocycles. The van der Waals surface area contributed by atoms with Crippen molar-refractivity contribution >= 4 is 30.7 Å². The number of halogens is 2. The summed E-state index contributed by atoms with van der Waals surface area (Å²) in [4.78, 5) is 25.2. The van der Waals surface area contributed by atoms with Crippen LogP contribution in [-0.2, 0) is 23.4 Å². The highest BCUT2D eigenvalue weighted by Crippen LogP contribution is 2.48. The van der Waals surface area contributed by atoms with E-state index in [1.54, 1.807) is 46.1 Å². The highest BCUT2D eigenvalue weighted by atomic mass is 31.2. The second-order valence-corrected chi connectivity index (χ2v) is 11.5. The summed E-state index contributed by atoms with van der Waals surface area (Å²) in [7, 11) is -1.01. The number of fused-ring (bicyclic) bond motifs is 1. The number of aromatic nitrogens is 4. The van der Waals surface area contributed by atoms with Crippen LogP contribution < -0.4 is 14.5 Å². The van der Waals surface area contributed by atoms with Gasteiger partial charge in [0.15, 0.2) is 29.4 Å². The van der Waals surface area contributed by atoms with Gasteiger partial charge in [-0.1, -0.05) is 18.2 Å². The molecule has 3 heterocycles. The number of aliphatic hydroxyl groups excluding tert-OH is 1.